The van der Waals surface area contributed by atoms with Crippen molar-refractivity contribution in [1.82, 2.24) is 29.9 Å². The minimum absolute atomic E-state index is 0.161. The molecule has 0 radical (unpaired) electrons. The van der Waals surface area contributed by atoms with E-state index in [1.54, 1.807) is 26.6 Å². The van der Waals surface area contributed by atoms with E-state index >= 15 is 0 Å². The number of hydrogen-bond acceptors (Lipinski definition) is 5. The normalized spacial score (nSPS) is 12.3. The fourth-order valence-corrected chi connectivity index (χ4v) is 2.09. The molecular weight excluding hydrogens is 308 g/mol. The summed E-state index contributed by atoms with van der Waals surface area (Å²) in [5, 5.41) is 15.2. The lowest BCUT2D eigenvalue weighted by molar-refractivity contribution is -0.124. The Morgan fingerprint density at radius 3 is 3.05 bits per heavy atom. The van der Waals surface area contributed by atoms with Gasteiger partial charge in [-0.15, -0.1) is 10.2 Å². The summed E-state index contributed by atoms with van der Waals surface area (Å²) in [7, 11) is 1.66. The van der Waals surface area contributed by atoms with Crippen LogP contribution in [0.25, 0.3) is 0 Å². The predicted octanol–water partition coefficient (Wildman–Crippen LogP) is 1.04. The lowest BCUT2D eigenvalue weighted by Crippen LogP contribution is -2.31. The number of carbonyl (C=O) groups is 1. The van der Waals surface area contributed by atoms with E-state index in [0.29, 0.717) is 24.0 Å². The van der Waals surface area contributed by atoms with E-state index in [1.807, 2.05) is 4.57 Å². The van der Waals surface area contributed by atoms with E-state index < -0.39 is 6.04 Å². The number of nitrogens with zero attached hydrogens (tertiary/aromatic N) is 5. The second-order valence-corrected chi connectivity index (χ2v) is 5.26. The fourth-order valence-electron chi connectivity index (χ4n) is 1.94. The van der Waals surface area contributed by atoms with Gasteiger partial charge in [0.2, 0.25) is 5.91 Å². The molecule has 9 heteroatoms. The van der Waals surface area contributed by atoms with Gasteiger partial charge in [0, 0.05) is 26.5 Å². The summed E-state index contributed by atoms with van der Waals surface area (Å²) in [5.74, 6) is 0.543. The summed E-state index contributed by atoms with van der Waals surface area (Å²) in [6.07, 6.45) is 5.61. The Bertz CT molecular complexity index is 611. The second-order valence-electron chi connectivity index (χ2n) is 4.82. The molecule has 2 heterocycles. The number of aryl methyl sites for hydroxylation is 1. The maximum Gasteiger partial charge on any atom is 0.244 e. The fraction of sp³-hybridized carbons (Fsp3) is 0.538. The topological polar surface area (TPSA) is 86.9 Å². The first kappa shape index (κ1) is 16.4. The minimum atomic E-state index is -0.447. The van der Waals surface area contributed by atoms with Crippen LogP contribution in [0.2, 0.25) is 5.02 Å². The smallest absolute Gasteiger partial charge is 0.244 e. The highest BCUT2D eigenvalue weighted by Crippen LogP contribution is 2.11. The Hall–Kier alpha value is -1.93. The zero-order chi connectivity index (χ0) is 15.9. The maximum absolute atomic E-state index is 12.1. The first-order valence-electron chi connectivity index (χ1n) is 6.94. The highest BCUT2D eigenvalue weighted by atomic mass is 35.5. The average Bonchev–Trinajstić information content (AvgIpc) is 3.13. The van der Waals surface area contributed by atoms with Crippen LogP contribution >= 0.6 is 11.6 Å². The van der Waals surface area contributed by atoms with Crippen molar-refractivity contribution in [2.45, 2.75) is 32.5 Å². The van der Waals surface area contributed by atoms with Gasteiger partial charge >= 0.3 is 0 Å². The Morgan fingerprint density at radius 1 is 1.55 bits per heavy atom. The highest BCUT2D eigenvalue weighted by Gasteiger charge is 2.16. The van der Waals surface area contributed by atoms with Crippen molar-refractivity contribution in [3.8, 4) is 0 Å². The molecule has 0 aliphatic rings. The van der Waals surface area contributed by atoms with Gasteiger partial charge in [-0.05, 0) is 13.3 Å². The van der Waals surface area contributed by atoms with Crippen molar-refractivity contribution >= 4 is 17.5 Å². The third-order valence-electron chi connectivity index (χ3n) is 3.21. The molecule has 2 aromatic rings. The van der Waals surface area contributed by atoms with Gasteiger partial charge in [0.1, 0.15) is 12.4 Å². The molecule has 8 nitrogen and oxygen atoms in total. The molecule has 0 bridgehead atoms. The van der Waals surface area contributed by atoms with Crippen molar-refractivity contribution in [3.63, 3.8) is 0 Å². The van der Waals surface area contributed by atoms with Gasteiger partial charge in [-0.25, -0.2) is 0 Å². The Kier molecular flexibility index (Phi) is 5.91. The minimum Gasteiger partial charge on any atom is -0.385 e. The van der Waals surface area contributed by atoms with Gasteiger partial charge in [0.05, 0.1) is 17.8 Å². The summed E-state index contributed by atoms with van der Waals surface area (Å²) < 4.78 is 8.43. The van der Waals surface area contributed by atoms with Crippen LogP contribution in [0, 0.1) is 0 Å². The van der Waals surface area contributed by atoms with E-state index in [4.69, 9.17) is 16.3 Å². The highest BCUT2D eigenvalue weighted by molar-refractivity contribution is 6.30. The van der Waals surface area contributed by atoms with E-state index in [2.05, 4.69) is 20.6 Å². The van der Waals surface area contributed by atoms with Crippen LogP contribution in [0.15, 0.2) is 18.7 Å². The third kappa shape index (κ3) is 4.28. The molecule has 0 aromatic carbocycles. The molecule has 0 fully saturated rings. The molecule has 0 aliphatic carbocycles. The van der Waals surface area contributed by atoms with Crippen molar-refractivity contribution in [2.75, 3.05) is 13.7 Å². The maximum atomic E-state index is 12.1. The number of rotatable bonds is 8. The summed E-state index contributed by atoms with van der Waals surface area (Å²) in [4.78, 5) is 12.1. The Balaban J connectivity index is 1.87. The first-order valence-corrected chi connectivity index (χ1v) is 7.32. The number of hydrogen-bond donors (Lipinski definition) is 1. The van der Waals surface area contributed by atoms with E-state index in [9.17, 15) is 4.79 Å². The molecule has 0 aliphatic heterocycles. The van der Waals surface area contributed by atoms with Crippen LogP contribution in [-0.2, 0) is 22.6 Å². The molecule has 1 atom stereocenters. The van der Waals surface area contributed by atoms with Crippen LogP contribution in [0.5, 0.6) is 0 Å². The molecule has 2 rings (SSSR count). The molecule has 0 saturated carbocycles. The van der Waals surface area contributed by atoms with E-state index in [1.165, 1.54) is 10.9 Å². The van der Waals surface area contributed by atoms with Crippen molar-refractivity contribution in [2.24, 2.45) is 0 Å². The van der Waals surface area contributed by atoms with Gasteiger partial charge < -0.3 is 14.6 Å². The van der Waals surface area contributed by atoms with Gasteiger partial charge in [0.15, 0.2) is 5.82 Å². The molecule has 1 N–H and O–H groups in total. The Morgan fingerprint density at radius 2 is 2.36 bits per heavy atom. The van der Waals surface area contributed by atoms with Crippen molar-refractivity contribution < 1.29 is 9.53 Å². The van der Waals surface area contributed by atoms with Gasteiger partial charge in [-0.1, -0.05) is 11.6 Å². The number of nitrogens with one attached hydrogen (secondary N) is 1. The molecule has 0 saturated heterocycles. The molecule has 0 unspecified atom stereocenters. The van der Waals surface area contributed by atoms with E-state index in [-0.39, 0.29) is 5.91 Å². The van der Waals surface area contributed by atoms with Crippen LogP contribution < -0.4 is 5.32 Å². The first-order chi connectivity index (χ1) is 10.6. The van der Waals surface area contributed by atoms with Crippen LogP contribution in [0.1, 0.15) is 25.2 Å². The SMILES string of the molecule is COCCCn1cnnc1CNC(=O)[C@H](C)n1cc(Cl)cn1. The number of methoxy groups -OCH3 is 1. The number of aromatic nitrogens is 5. The zero-order valence-corrected chi connectivity index (χ0v) is 13.3. The number of ether oxygens (including phenoxy) is 1. The van der Waals surface area contributed by atoms with Crippen LogP contribution in [-0.4, -0.2) is 44.2 Å². The van der Waals surface area contributed by atoms with Gasteiger partial charge in [0.25, 0.3) is 0 Å². The second kappa shape index (κ2) is 7.90. The molecule has 1 amide bonds. The lowest BCUT2D eigenvalue weighted by atomic mass is 10.3. The number of carbonyl (C=O) groups excluding carboxylic acids is 1. The van der Waals surface area contributed by atoms with Crippen LogP contribution in [0.4, 0.5) is 0 Å². The number of halogens is 1. The quantitative estimate of drug-likeness (QED) is 0.732. The average molecular weight is 327 g/mol. The largest absolute Gasteiger partial charge is 0.385 e. The number of amides is 1. The molecule has 22 heavy (non-hydrogen) atoms. The van der Waals surface area contributed by atoms with Gasteiger partial charge in [-0.3, -0.25) is 9.48 Å². The summed E-state index contributed by atoms with van der Waals surface area (Å²) in [6.45, 7) is 3.48. The van der Waals surface area contributed by atoms with Crippen LogP contribution in [0.3, 0.4) is 0 Å². The molecule has 2 aromatic heterocycles. The summed E-state index contributed by atoms with van der Waals surface area (Å²) >= 11 is 5.80. The zero-order valence-electron chi connectivity index (χ0n) is 12.6. The standard InChI is InChI=1S/C13H19ClN6O2/c1-10(20-8-11(14)6-17-20)13(21)15-7-12-18-16-9-19(12)4-3-5-22-2/h6,8-10H,3-5,7H2,1-2H3,(H,15,21)/t10-/m0/s1. The monoisotopic (exact) mass is 326 g/mol. The lowest BCUT2D eigenvalue weighted by Gasteiger charge is -2.13. The van der Waals surface area contributed by atoms with Crippen molar-refractivity contribution in [3.05, 3.63) is 29.6 Å². The van der Waals surface area contributed by atoms with Gasteiger partial charge in [-0.2, -0.15) is 5.10 Å². The molecule has 120 valence electrons. The summed E-state index contributed by atoms with van der Waals surface area (Å²) in [5.41, 5.74) is 0. The van der Waals surface area contributed by atoms with E-state index in [0.717, 1.165) is 13.0 Å². The van der Waals surface area contributed by atoms with Crippen molar-refractivity contribution in [1.29, 1.82) is 0 Å². The molecular formula is C13H19ClN6O2. The Labute approximate surface area is 133 Å². The molecule has 0 spiro atoms. The third-order valence-corrected chi connectivity index (χ3v) is 3.41. The predicted molar refractivity (Wildman–Crippen MR) is 80.3 cm³/mol. The summed E-state index contributed by atoms with van der Waals surface area (Å²) in [6, 6.07) is -0.447.